The molecule has 2 heterocycles. The highest BCUT2D eigenvalue weighted by Crippen LogP contribution is 2.34. The molecule has 1 fully saturated rings. The van der Waals surface area contributed by atoms with Crippen molar-refractivity contribution in [1.82, 2.24) is 0 Å². The summed E-state index contributed by atoms with van der Waals surface area (Å²) in [7, 11) is 0. The Balaban J connectivity index is 1.53. The molecule has 7 heteroatoms. The van der Waals surface area contributed by atoms with Gasteiger partial charge in [-0.3, -0.25) is 4.79 Å². The number of benzene rings is 2. The predicted octanol–water partition coefficient (Wildman–Crippen LogP) is 2.68. The molecular weight excluding hydrogens is 406 g/mol. The number of hydrogen-bond donors (Lipinski definition) is 3. The van der Waals surface area contributed by atoms with Crippen molar-refractivity contribution in [3.8, 4) is 5.75 Å². The van der Waals surface area contributed by atoms with Crippen LogP contribution in [0.4, 0.5) is 0 Å². The number of aliphatic hydroxyl groups is 2. The Morgan fingerprint density at radius 2 is 2.03 bits per heavy atom. The normalized spacial score (nSPS) is 26.0. The topological polar surface area (TPSA) is 102 Å². The van der Waals surface area contributed by atoms with Crippen molar-refractivity contribution in [3.05, 3.63) is 63.7 Å². The van der Waals surface area contributed by atoms with Gasteiger partial charge in [0.15, 0.2) is 6.10 Å². The summed E-state index contributed by atoms with van der Waals surface area (Å²) < 4.78 is 11.6. The average Bonchev–Trinajstić information content (AvgIpc) is 2.74. The molecule has 160 valence electrons. The van der Waals surface area contributed by atoms with E-state index in [9.17, 15) is 15.0 Å². The Morgan fingerprint density at radius 3 is 2.80 bits per heavy atom. The fraction of sp³-hybridized carbons (Fsp3) is 0.435. The molecule has 6 nitrogen and oxygen atoms in total. The van der Waals surface area contributed by atoms with Gasteiger partial charge in [-0.2, -0.15) is 0 Å². The molecule has 1 amide bonds. The van der Waals surface area contributed by atoms with E-state index in [4.69, 9.17) is 26.8 Å². The van der Waals surface area contributed by atoms with Crippen molar-refractivity contribution >= 4 is 17.5 Å². The van der Waals surface area contributed by atoms with Gasteiger partial charge in [-0.1, -0.05) is 35.9 Å². The monoisotopic (exact) mass is 431 g/mol. The van der Waals surface area contributed by atoms with Crippen molar-refractivity contribution in [2.45, 2.75) is 56.5 Å². The lowest BCUT2D eigenvalue weighted by Crippen LogP contribution is -2.36. The molecule has 2 aromatic carbocycles. The molecule has 2 aliphatic heterocycles. The van der Waals surface area contributed by atoms with Crippen LogP contribution in [-0.2, 0) is 22.4 Å². The standard InChI is InChI=1S/C23H26ClNO5/c24-19-4-2-15(22-11-17(27)10-18(12-26)29-22)9-16(19)8-13-1-5-20-14(7-13)3-6-21(30-20)23(25)28/h1-2,4-5,7,9,17-18,21-22,26-27H,3,6,8,10-12H2,(H2,25,28). The molecule has 4 unspecified atom stereocenters. The van der Waals surface area contributed by atoms with Crippen LogP contribution in [0.2, 0.25) is 5.02 Å². The van der Waals surface area contributed by atoms with Gasteiger partial charge in [0, 0.05) is 17.9 Å². The average molecular weight is 432 g/mol. The number of fused-ring (bicyclic) bond motifs is 1. The first-order chi connectivity index (χ1) is 14.4. The fourth-order valence-electron chi connectivity index (χ4n) is 4.22. The Bertz CT molecular complexity index is 934. The van der Waals surface area contributed by atoms with Gasteiger partial charge in [-0.25, -0.2) is 0 Å². The Hall–Kier alpha value is -2.12. The maximum Gasteiger partial charge on any atom is 0.258 e. The van der Waals surface area contributed by atoms with Gasteiger partial charge in [0.2, 0.25) is 0 Å². The highest BCUT2D eigenvalue weighted by atomic mass is 35.5. The summed E-state index contributed by atoms with van der Waals surface area (Å²) >= 11 is 6.46. The third-order valence-electron chi connectivity index (χ3n) is 5.80. The van der Waals surface area contributed by atoms with E-state index < -0.39 is 18.1 Å². The van der Waals surface area contributed by atoms with E-state index >= 15 is 0 Å². The van der Waals surface area contributed by atoms with Gasteiger partial charge in [0.1, 0.15) is 5.75 Å². The second-order valence-electron chi connectivity index (χ2n) is 8.07. The van der Waals surface area contributed by atoms with E-state index in [0.29, 0.717) is 36.5 Å². The van der Waals surface area contributed by atoms with Crippen molar-refractivity contribution < 1.29 is 24.5 Å². The molecule has 2 aliphatic rings. The molecule has 4 N–H and O–H groups in total. The van der Waals surface area contributed by atoms with Crippen LogP contribution in [0, 0.1) is 0 Å². The number of aryl methyl sites for hydroxylation is 1. The van der Waals surface area contributed by atoms with Crippen molar-refractivity contribution in [2.24, 2.45) is 5.73 Å². The molecule has 4 atom stereocenters. The summed E-state index contributed by atoms with van der Waals surface area (Å²) in [5.74, 6) is 0.264. The first-order valence-electron chi connectivity index (χ1n) is 10.2. The molecule has 0 aliphatic carbocycles. The van der Waals surface area contributed by atoms with Gasteiger partial charge in [-0.15, -0.1) is 0 Å². The zero-order chi connectivity index (χ0) is 21.3. The molecule has 30 heavy (non-hydrogen) atoms. The molecule has 1 saturated heterocycles. The van der Waals surface area contributed by atoms with Crippen LogP contribution in [0.5, 0.6) is 5.75 Å². The Kier molecular flexibility index (Phi) is 6.29. The van der Waals surface area contributed by atoms with E-state index in [-0.39, 0.29) is 18.8 Å². The van der Waals surface area contributed by atoms with Crippen molar-refractivity contribution in [2.75, 3.05) is 6.61 Å². The molecule has 0 aromatic heterocycles. The number of nitrogens with two attached hydrogens (primary N) is 1. The van der Waals surface area contributed by atoms with E-state index in [1.54, 1.807) is 0 Å². The highest BCUT2D eigenvalue weighted by Gasteiger charge is 2.29. The molecular formula is C23H26ClNO5. The van der Waals surface area contributed by atoms with Crippen LogP contribution < -0.4 is 10.5 Å². The summed E-state index contributed by atoms with van der Waals surface area (Å²) in [5, 5.41) is 20.2. The minimum Gasteiger partial charge on any atom is -0.480 e. The minimum absolute atomic E-state index is 0.109. The maximum absolute atomic E-state index is 11.4. The van der Waals surface area contributed by atoms with Crippen LogP contribution in [0.25, 0.3) is 0 Å². The zero-order valence-electron chi connectivity index (χ0n) is 16.6. The van der Waals surface area contributed by atoms with Crippen LogP contribution in [-0.4, -0.2) is 41.0 Å². The first-order valence-corrected chi connectivity index (χ1v) is 10.6. The van der Waals surface area contributed by atoms with Gasteiger partial charge in [0.05, 0.1) is 24.9 Å². The lowest BCUT2D eigenvalue weighted by Gasteiger charge is -2.32. The summed E-state index contributed by atoms with van der Waals surface area (Å²) in [5.41, 5.74) is 9.41. The van der Waals surface area contributed by atoms with Crippen LogP contribution >= 0.6 is 11.6 Å². The van der Waals surface area contributed by atoms with Crippen molar-refractivity contribution in [3.63, 3.8) is 0 Å². The smallest absolute Gasteiger partial charge is 0.258 e. The molecule has 0 radical (unpaired) electrons. The van der Waals surface area contributed by atoms with Crippen LogP contribution in [0.1, 0.15) is 47.6 Å². The number of primary amides is 1. The van der Waals surface area contributed by atoms with Gasteiger partial charge < -0.3 is 25.4 Å². The maximum atomic E-state index is 11.4. The minimum atomic E-state index is -0.567. The largest absolute Gasteiger partial charge is 0.480 e. The Morgan fingerprint density at radius 1 is 1.20 bits per heavy atom. The molecule has 0 spiro atoms. The molecule has 0 bridgehead atoms. The van der Waals surface area contributed by atoms with E-state index in [1.807, 2.05) is 30.3 Å². The highest BCUT2D eigenvalue weighted by molar-refractivity contribution is 6.31. The summed E-state index contributed by atoms with van der Waals surface area (Å²) in [6, 6.07) is 11.7. The zero-order valence-corrected chi connectivity index (χ0v) is 17.3. The van der Waals surface area contributed by atoms with E-state index in [1.165, 1.54) is 0 Å². The van der Waals surface area contributed by atoms with Gasteiger partial charge >= 0.3 is 0 Å². The van der Waals surface area contributed by atoms with Gasteiger partial charge in [-0.05, 0) is 53.6 Å². The Labute approximate surface area is 180 Å². The quantitative estimate of drug-likeness (QED) is 0.675. The number of halogens is 1. The number of aliphatic hydroxyl groups excluding tert-OH is 2. The second-order valence-corrected chi connectivity index (χ2v) is 8.48. The van der Waals surface area contributed by atoms with Crippen LogP contribution in [0.3, 0.4) is 0 Å². The summed E-state index contributed by atoms with van der Waals surface area (Å²) in [6.07, 6.45) is 1.20. The molecule has 0 saturated carbocycles. The third-order valence-corrected chi connectivity index (χ3v) is 6.17. The number of ether oxygens (including phenoxy) is 2. The van der Waals surface area contributed by atoms with E-state index in [2.05, 4.69) is 6.07 Å². The van der Waals surface area contributed by atoms with Gasteiger partial charge in [0.25, 0.3) is 5.91 Å². The molecule has 2 aromatic rings. The molecule has 4 rings (SSSR count). The lowest BCUT2D eigenvalue weighted by atomic mass is 9.93. The lowest BCUT2D eigenvalue weighted by molar-refractivity contribution is -0.125. The number of carbonyl (C=O) groups is 1. The number of hydrogen-bond acceptors (Lipinski definition) is 5. The number of rotatable bonds is 5. The second kappa shape index (κ2) is 8.94. The summed E-state index contributed by atoms with van der Waals surface area (Å²) in [6.45, 7) is -0.109. The van der Waals surface area contributed by atoms with Crippen LogP contribution in [0.15, 0.2) is 36.4 Å². The summed E-state index contributed by atoms with van der Waals surface area (Å²) in [4.78, 5) is 11.4. The van der Waals surface area contributed by atoms with Crippen molar-refractivity contribution in [1.29, 1.82) is 0 Å². The number of amides is 1. The predicted molar refractivity (Wildman–Crippen MR) is 113 cm³/mol. The van der Waals surface area contributed by atoms with E-state index in [0.717, 1.165) is 28.7 Å². The third kappa shape index (κ3) is 4.62. The first kappa shape index (κ1) is 21.1. The fourth-order valence-corrected chi connectivity index (χ4v) is 4.41. The number of carbonyl (C=O) groups excluding carboxylic acids is 1. The SMILES string of the molecule is NC(=O)C1CCc2cc(Cc3cc(C4CC(O)CC(CO)O4)ccc3Cl)ccc2O1.